The van der Waals surface area contributed by atoms with Crippen molar-refractivity contribution >= 4 is 16.0 Å². The van der Waals surface area contributed by atoms with Crippen molar-refractivity contribution in [2.45, 2.75) is 50.5 Å². The third-order valence-corrected chi connectivity index (χ3v) is 6.38. The number of carboxylic acid groups (broad SMARTS) is 1. The van der Waals surface area contributed by atoms with Gasteiger partial charge in [-0.15, -0.1) is 0 Å². The molecule has 0 spiro atoms. The molecule has 0 bridgehead atoms. The van der Waals surface area contributed by atoms with Crippen LogP contribution in [0.3, 0.4) is 0 Å². The Labute approximate surface area is 134 Å². The summed E-state index contributed by atoms with van der Waals surface area (Å²) >= 11 is 0. The van der Waals surface area contributed by atoms with Gasteiger partial charge in [-0.25, -0.2) is 22.0 Å². The molecule has 1 aromatic rings. The van der Waals surface area contributed by atoms with E-state index in [4.69, 9.17) is 5.11 Å². The summed E-state index contributed by atoms with van der Waals surface area (Å²) in [6.45, 7) is 4.35. The smallest absolute Gasteiger partial charge is 0.335 e. The van der Waals surface area contributed by atoms with Crippen molar-refractivity contribution in [2.75, 3.05) is 6.54 Å². The van der Waals surface area contributed by atoms with E-state index in [0.717, 1.165) is 10.4 Å². The number of nitrogens with zero attached hydrogens (tertiary/aromatic N) is 1. The predicted molar refractivity (Wildman–Crippen MR) is 80.4 cm³/mol. The van der Waals surface area contributed by atoms with Crippen molar-refractivity contribution in [3.05, 3.63) is 28.8 Å². The van der Waals surface area contributed by atoms with Crippen molar-refractivity contribution in [3.63, 3.8) is 0 Å². The number of aromatic carboxylic acids is 1. The summed E-state index contributed by atoms with van der Waals surface area (Å²) in [5.74, 6) is -4.11. The van der Waals surface area contributed by atoms with E-state index in [-0.39, 0.29) is 17.0 Å². The molecule has 1 saturated heterocycles. The van der Waals surface area contributed by atoms with Crippen molar-refractivity contribution in [1.29, 1.82) is 0 Å². The van der Waals surface area contributed by atoms with E-state index >= 15 is 0 Å². The first kappa shape index (κ1) is 17.8. The second-order valence-corrected chi connectivity index (χ2v) is 7.86. The van der Waals surface area contributed by atoms with Crippen LogP contribution in [0.4, 0.5) is 8.78 Å². The second-order valence-electron chi connectivity index (χ2n) is 6.00. The minimum atomic E-state index is -4.03. The zero-order chi connectivity index (χ0) is 17.6. The van der Waals surface area contributed by atoms with Gasteiger partial charge in [-0.1, -0.05) is 0 Å². The number of sulfonamides is 1. The Morgan fingerprint density at radius 1 is 1.35 bits per heavy atom. The second kappa shape index (κ2) is 5.83. The summed E-state index contributed by atoms with van der Waals surface area (Å²) in [5.41, 5.74) is 0.819. The van der Waals surface area contributed by atoms with Crippen LogP contribution in [-0.4, -0.2) is 42.3 Å². The maximum atomic E-state index is 13.4. The molecule has 0 amide bonds. The van der Waals surface area contributed by atoms with Crippen molar-refractivity contribution in [1.82, 2.24) is 4.31 Å². The van der Waals surface area contributed by atoms with E-state index in [2.05, 4.69) is 0 Å². The van der Waals surface area contributed by atoms with E-state index in [0.29, 0.717) is 11.1 Å². The Morgan fingerprint density at radius 3 is 2.48 bits per heavy atom. The molecule has 1 aliphatic heterocycles. The van der Waals surface area contributed by atoms with Gasteiger partial charge in [0, 0.05) is 25.4 Å². The number of carbonyl (C=O) groups is 1. The maximum Gasteiger partial charge on any atom is 0.335 e. The lowest BCUT2D eigenvalue weighted by Crippen LogP contribution is -2.48. The highest BCUT2D eigenvalue weighted by Gasteiger charge is 2.43. The third kappa shape index (κ3) is 3.37. The van der Waals surface area contributed by atoms with E-state index in [1.165, 1.54) is 13.0 Å². The topological polar surface area (TPSA) is 74.7 Å². The first-order valence-electron chi connectivity index (χ1n) is 7.20. The molecule has 8 heteroatoms. The van der Waals surface area contributed by atoms with E-state index in [1.807, 2.05) is 0 Å². The minimum Gasteiger partial charge on any atom is -0.478 e. The largest absolute Gasteiger partial charge is 0.478 e. The molecule has 1 N–H and O–H groups in total. The zero-order valence-corrected chi connectivity index (χ0v) is 14.0. The Balaban J connectivity index is 2.50. The van der Waals surface area contributed by atoms with Crippen molar-refractivity contribution < 1.29 is 27.1 Å². The molecule has 1 heterocycles. The van der Waals surface area contributed by atoms with Crippen LogP contribution in [-0.2, 0) is 10.0 Å². The van der Waals surface area contributed by atoms with Crippen LogP contribution in [0.5, 0.6) is 0 Å². The summed E-state index contributed by atoms with van der Waals surface area (Å²) in [6, 6.07) is 1.64. The number of benzene rings is 1. The molecule has 1 atom stereocenters. The molecule has 0 saturated carbocycles. The van der Waals surface area contributed by atoms with E-state index < -0.39 is 40.8 Å². The number of aryl methyl sites for hydroxylation is 1. The molecule has 1 aromatic carbocycles. The molecule has 0 radical (unpaired) electrons. The van der Waals surface area contributed by atoms with Crippen molar-refractivity contribution in [3.8, 4) is 0 Å². The number of carboxylic acids is 1. The molecule has 23 heavy (non-hydrogen) atoms. The maximum absolute atomic E-state index is 13.4. The monoisotopic (exact) mass is 347 g/mol. The molecular formula is C15H19F2NO4S. The molecule has 1 fully saturated rings. The predicted octanol–water partition coefficient (Wildman–Crippen LogP) is 2.81. The summed E-state index contributed by atoms with van der Waals surface area (Å²) in [7, 11) is -4.03. The standard InChI is InChI=1S/C15H19F2NO4S/c1-9-6-12(14(19)20)7-13(11(9)3)23(21,22)18-5-4-15(16,17)8-10(18)2/h6-7,10H,4-5,8H2,1-3H3,(H,19,20). The minimum absolute atomic E-state index is 0.132. The molecule has 1 unspecified atom stereocenters. The number of hydrogen-bond donors (Lipinski definition) is 1. The van der Waals surface area contributed by atoms with Gasteiger partial charge in [0.05, 0.1) is 10.5 Å². The molecule has 5 nitrogen and oxygen atoms in total. The third-order valence-electron chi connectivity index (χ3n) is 4.24. The van der Waals surface area contributed by atoms with Gasteiger partial charge in [0.1, 0.15) is 0 Å². The van der Waals surface area contributed by atoms with E-state index in [9.17, 15) is 22.0 Å². The average Bonchev–Trinajstić information content (AvgIpc) is 2.39. The van der Waals surface area contributed by atoms with Gasteiger partial charge in [-0.05, 0) is 44.0 Å². The molecular weight excluding hydrogens is 328 g/mol. The lowest BCUT2D eigenvalue weighted by Gasteiger charge is -2.36. The molecule has 0 aromatic heterocycles. The highest BCUT2D eigenvalue weighted by atomic mass is 32.2. The van der Waals surface area contributed by atoms with Crippen LogP contribution in [0.1, 0.15) is 41.3 Å². The normalized spacial score (nSPS) is 22.0. The SMILES string of the molecule is Cc1cc(C(=O)O)cc(S(=O)(=O)N2CCC(F)(F)CC2C)c1C. The zero-order valence-electron chi connectivity index (χ0n) is 13.1. The Morgan fingerprint density at radius 2 is 1.96 bits per heavy atom. The first-order chi connectivity index (χ1) is 10.5. The highest BCUT2D eigenvalue weighted by Crippen LogP contribution is 2.35. The van der Waals surface area contributed by atoms with Crippen LogP contribution >= 0.6 is 0 Å². The van der Waals surface area contributed by atoms with Gasteiger partial charge in [-0.2, -0.15) is 4.31 Å². The fraction of sp³-hybridized carbons (Fsp3) is 0.533. The summed E-state index contributed by atoms with van der Waals surface area (Å²) in [4.78, 5) is 11.0. The Bertz CT molecular complexity index is 746. The van der Waals surface area contributed by atoms with Gasteiger partial charge in [0.15, 0.2) is 0 Å². The van der Waals surface area contributed by atoms with Gasteiger partial charge < -0.3 is 5.11 Å². The van der Waals surface area contributed by atoms with Gasteiger partial charge >= 0.3 is 5.97 Å². The van der Waals surface area contributed by atoms with Crippen LogP contribution < -0.4 is 0 Å². The fourth-order valence-corrected chi connectivity index (χ4v) is 4.79. The van der Waals surface area contributed by atoms with Crippen LogP contribution in [0.25, 0.3) is 0 Å². The summed E-state index contributed by atoms with van der Waals surface area (Å²) < 4.78 is 53.6. The Kier molecular flexibility index (Phi) is 4.51. The van der Waals surface area contributed by atoms with Crippen LogP contribution in [0, 0.1) is 13.8 Å². The molecule has 0 aliphatic carbocycles. The molecule has 2 rings (SSSR count). The molecule has 1 aliphatic rings. The van der Waals surface area contributed by atoms with Gasteiger partial charge in [0.2, 0.25) is 10.0 Å². The Hall–Kier alpha value is -1.54. The lowest BCUT2D eigenvalue weighted by molar-refractivity contribution is -0.0567. The van der Waals surface area contributed by atoms with Crippen molar-refractivity contribution in [2.24, 2.45) is 0 Å². The summed E-state index contributed by atoms with van der Waals surface area (Å²) in [5, 5.41) is 9.11. The first-order valence-corrected chi connectivity index (χ1v) is 8.64. The highest BCUT2D eigenvalue weighted by molar-refractivity contribution is 7.89. The lowest BCUT2D eigenvalue weighted by atomic mass is 10.0. The van der Waals surface area contributed by atoms with E-state index in [1.54, 1.807) is 13.8 Å². The van der Waals surface area contributed by atoms with Crippen LogP contribution in [0.2, 0.25) is 0 Å². The number of alkyl halides is 2. The van der Waals surface area contributed by atoms with Gasteiger partial charge in [-0.3, -0.25) is 0 Å². The number of hydrogen-bond acceptors (Lipinski definition) is 3. The number of halogens is 2. The number of rotatable bonds is 3. The quantitative estimate of drug-likeness (QED) is 0.912. The molecule has 128 valence electrons. The number of piperidine rings is 1. The average molecular weight is 347 g/mol. The van der Waals surface area contributed by atoms with Gasteiger partial charge in [0.25, 0.3) is 5.92 Å². The summed E-state index contributed by atoms with van der Waals surface area (Å²) in [6.07, 6.45) is -1.07. The fourth-order valence-electron chi connectivity index (χ4n) is 2.83. The van der Waals surface area contributed by atoms with Crippen LogP contribution in [0.15, 0.2) is 17.0 Å².